The average Bonchev–Trinajstić information content (AvgIpc) is 1.59. The molecule has 1 saturated heterocycles. The van der Waals surface area contributed by atoms with Gasteiger partial charge in [-0.1, -0.05) is 137 Å². The first-order valence-corrected chi connectivity index (χ1v) is 32.0. The van der Waals surface area contributed by atoms with Gasteiger partial charge in [0.25, 0.3) is 0 Å². The number of likely N-dealkylation sites (N-methyl/N-ethyl adjacent to an activating group) is 7. The van der Waals surface area contributed by atoms with Crippen LogP contribution in [0.3, 0.4) is 0 Å². The van der Waals surface area contributed by atoms with Crippen LogP contribution in [0.25, 0.3) is 0 Å². The highest BCUT2D eigenvalue weighted by Crippen LogP contribution is 2.26. The molecule has 1 heterocycles. The molecule has 11 amide bonds. The third kappa shape index (κ3) is 25.2. The second-order valence-corrected chi connectivity index (χ2v) is 26.8. The summed E-state index contributed by atoms with van der Waals surface area (Å²) >= 11 is 0. The minimum absolute atomic E-state index is 0. The number of carbonyl (C=O) groups excluding carboxylic acids is 11. The van der Waals surface area contributed by atoms with E-state index in [1.54, 1.807) is 54.5 Å². The predicted octanol–water partition coefficient (Wildman–Crippen LogP) is 5.32. The monoisotopic (exact) mass is 1260 g/mol. The molecular weight excluding hydrogens is 1140 g/mol. The van der Waals surface area contributed by atoms with Gasteiger partial charge in [0.1, 0.15) is 60.4 Å². The molecule has 23 heteroatoms. The van der Waals surface area contributed by atoms with Gasteiger partial charge in [-0.25, -0.2) is 0 Å². The van der Waals surface area contributed by atoms with Crippen molar-refractivity contribution < 1.29 is 57.8 Å². The molecule has 1 aliphatic heterocycles. The van der Waals surface area contributed by atoms with Gasteiger partial charge in [0.2, 0.25) is 65.0 Å². The molecule has 12 atom stereocenters. The van der Waals surface area contributed by atoms with Crippen LogP contribution in [0.4, 0.5) is 0 Å². The molecule has 514 valence electrons. The van der Waals surface area contributed by atoms with E-state index < -0.39 is 156 Å². The minimum atomic E-state index is -1.61. The number of allylic oxidation sites excluding steroid dienone is 2. The average molecular weight is 1260 g/mol. The van der Waals surface area contributed by atoms with Crippen LogP contribution >= 0.6 is 0 Å². The number of hydrogen-bond acceptors (Lipinski definition) is 12. The molecular formula is C66H123N11O12. The zero-order valence-electron chi connectivity index (χ0n) is 58.8. The fraction of sp³-hybridized carbons (Fsp3) is 0.803. The van der Waals surface area contributed by atoms with Crippen molar-refractivity contribution >= 4 is 65.0 Å². The molecule has 0 aliphatic carbocycles. The summed E-state index contributed by atoms with van der Waals surface area (Å²) in [6.07, 6.45) is 4.29. The molecule has 1 rings (SSSR count). The number of carbonyl (C=O) groups is 11. The standard InChI is InChI=1S/C62H111N11O12.C3H8.CH4/c1-25-27-28-40(15)52(75)51-56(79)65-43(26-2)58(81)67(18)33-48(74)68(19)44(29-34(3)4)55(78)66-49(38(11)12)61(84)69(20)45(30-35(5)6)54(77)63-41(16)53(76)64-42(17)57(80)70(21)46(31-36(7)8)59(82)71(22)47(32-37(9)10)60(83)72(23)50(39(13)14)62(85)73(51)24;1-3-2;/h25,27,34-47,49-52,75H,26,28-33H2,1-24H3,(H,63,77)(H,64,76)(H,65,79)(H,66,78);3H2,1-2H3;1H4/b27-25+;;/t40-,41+,42-,43+,44+,45-,46+,47+,49+,50+,51+,52-;;/m1../s1. The van der Waals surface area contributed by atoms with Crippen LogP contribution in [0.1, 0.15) is 184 Å². The van der Waals surface area contributed by atoms with E-state index >= 15 is 9.59 Å². The van der Waals surface area contributed by atoms with Crippen molar-refractivity contribution in [2.75, 3.05) is 55.9 Å². The van der Waals surface area contributed by atoms with E-state index in [0.29, 0.717) is 6.42 Å². The van der Waals surface area contributed by atoms with Gasteiger partial charge in [0.15, 0.2) is 0 Å². The lowest BCUT2D eigenvalue weighted by atomic mass is 9.91. The van der Waals surface area contributed by atoms with E-state index in [-0.39, 0.29) is 63.2 Å². The van der Waals surface area contributed by atoms with Gasteiger partial charge >= 0.3 is 0 Å². The fourth-order valence-electron chi connectivity index (χ4n) is 10.7. The fourth-order valence-corrected chi connectivity index (χ4v) is 10.7. The normalized spacial score (nSPS) is 25.9. The number of aliphatic hydroxyl groups excluding tert-OH is 1. The van der Waals surface area contributed by atoms with Gasteiger partial charge < -0.3 is 60.7 Å². The molecule has 0 bridgehead atoms. The molecule has 0 spiro atoms. The third-order valence-corrected chi connectivity index (χ3v) is 16.1. The summed E-state index contributed by atoms with van der Waals surface area (Å²) in [4.78, 5) is 169. The van der Waals surface area contributed by atoms with Crippen molar-refractivity contribution in [1.29, 1.82) is 0 Å². The lowest BCUT2D eigenvalue weighted by molar-refractivity contribution is -0.157. The lowest BCUT2D eigenvalue weighted by Crippen LogP contribution is -2.63. The maximum Gasteiger partial charge on any atom is 0.246 e. The lowest BCUT2D eigenvalue weighted by Gasteiger charge is -2.41. The number of amides is 11. The van der Waals surface area contributed by atoms with Crippen molar-refractivity contribution in [1.82, 2.24) is 55.6 Å². The van der Waals surface area contributed by atoms with E-state index in [0.717, 1.165) is 9.80 Å². The Labute approximate surface area is 536 Å². The second kappa shape index (κ2) is 39.9. The zero-order valence-corrected chi connectivity index (χ0v) is 58.8. The van der Waals surface area contributed by atoms with E-state index in [4.69, 9.17) is 0 Å². The molecule has 0 aromatic carbocycles. The summed E-state index contributed by atoms with van der Waals surface area (Å²) in [5, 5.41) is 23.1. The number of hydrogen-bond donors (Lipinski definition) is 5. The molecule has 0 unspecified atom stereocenters. The Hall–Kier alpha value is -6.13. The van der Waals surface area contributed by atoms with Crippen LogP contribution in [0.5, 0.6) is 0 Å². The minimum Gasteiger partial charge on any atom is -0.390 e. The molecule has 0 aromatic rings. The summed E-state index contributed by atoms with van der Waals surface area (Å²) in [6, 6.07) is -12.3. The van der Waals surface area contributed by atoms with Crippen molar-refractivity contribution in [2.45, 2.75) is 250 Å². The Kier molecular flexibility index (Phi) is 38.1. The Bertz CT molecular complexity index is 2340. The third-order valence-electron chi connectivity index (χ3n) is 16.1. The maximum atomic E-state index is 15.1. The summed E-state index contributed by atoms with van der Waals surface area (Å²) in [5.41, 5.74) is 0. The van der Waals surface area contributed by atoms with Gasteiger partial charge in [0.05, 0.1) is 12.6 Å². The van der Waals surface area contributed by atoms with Gasteiger partial charge in [-0.15, -0.1) is 0 Å². The van der Waals surface area contributed by atoms with Crippen LogP contribution < -0.4 is 21.3 Å². The van der Waals surface area contributed by atoms with Crippen LogP contribution in [-0.2, 0) is 52.7 Å². The first-order chi connectivity index (χ1) is 40.6. The molecule has 0 radical (unpaired) electrons. The van der Waals surface area contributed by atoms with Crippen molar-refractivity contribution in [3.8, 4) is 0 Å². The van der Waals surface area contributed by atoms with Gasteiger partial charge in [0, 0.05) is 49.3 Å². The molecule has 1 aliphatic rings. The van der Waals surface area contributed by atoms with Crippen molar-refractivity contribution in [2.24, 2.45) is 41.4 Å². The Morgan fingerprint density at radius 3 is 1.28 bits per heavy atom. The first-order valence-electron chi connectivity index (χ1n) is 32.0. The molecule has 23 nitrogen and oxygen atoms in total. The molecule has 89 heavy (non-hydrogen) atoms. The summed E-state index contributed by atoms with van der Waals surface area (Å²) in [6.45, 7) is 33.6. The van der Waals surface area contributed by atoms with E-state index in [1.807, 2.05) is 61.5 Å². The number of nitrogens with zero attached hydrogens (tertiary/aromatic N) is 7. The number of rotatable bonds is 15. The largest absolute Gasteiger partial charge is 0.390 e. The molecule has 1 fully saturated rings. The van der Waals surface area contributed by atoms with E-state index in [1.165, 1.54) is 94.1 Å². The van der Waals surface area contributed by atoms with E-state index in [2.05, 4.69) is 35.1 Å². The topological polar surface area (TPSA) is 279 Å². The highest BCUT2D eigenvalue weighted by molar-refractivity contribution is 5.99. The second-order valence-electron chi connectivity index (χ2n) is 26.8. The maximum absolute atomic E-state index is 15.1. The Morgan fingerprint density at radius 1 is 0.461 bits per heavy atom. The summed E-state index contributed by atoms with van der Waals surface area (Å²) < 4.78 is 0. The van der Waals surface area contributed by atoms with Crippen LogP contribution in [0, 0.1) is 41.4 Å². The van der Waals surface area contributed by atoms with Crippen molar-refractivity contribution in [3.63, 3.8) is 0 Å². The SMILES string of the molecule is C.C/C=C/C[C@@H](C)[C@@H](O)[C@H]1C(=O)N[C@@H](CC)C(=O)N(C)CC(=O)N(C)[C@@H](CC(C)C)C(=O)N[C@@H](C(C)C)C(=O)N(C)[C@H](CC(C)C)C(=O)N[C@@H](C)C(=O)N[C@H](C)C(=O)N(C)[C@@H](CC(C)C)C(=O)N(C)[C@@H](CC(C)C)C(=O)N(C)[C@@H](C(C)C)C(=O)N1C.CCC. The van der Waals surface area contributed by atoms with E-state index in [9.17, 15) is 48.3 Å². The Morgan fingerprint density at radius 2 is 0.854 bits per heavy atom. The smallest absolute Gasteiger partial charge is 0.246 e. The Balaban J connectivity index is 0. The van der Waals surface area contributed by atoms with Gasteiger partial charge in [-0.3, -0.25) is 52.7 Å². The quantitative estimate of drug-likeness (QED) is 0.130. The number of nitrogens with one attached hydrogen (secondary N) is 4. The predicted molar refractivity (Wildman–Crippen MR) is 351 cm³/mol. The van der Waals surface area contributed by atoms with Gasteiger partial charge in [-0.2, -0.15) is 0 Å². The first kappa shape index (κ1) is 84.9. The van der Waals surface area contributed by atoms with Crippen LogP contribution in [0.15, 0.2) is 12.2 Å². The zero-order chi connectivity index (χ0) is 68.7. The molecule has 5 N–H and O–H groups in total. The summed E-state index contributed by atoms with van der Waals surface area (Å²) in [7, 11) is 9.92. The van der Waals surface area contributed by atoms with Crippen LogP contribution in [-0.4, -0.2) is 227 Å². The van der Waals surface area contributed by atoms with Crippen LogP contribution in [0.2, 0.25) is 0 Å². The van der Waals surface area contributed by atoms with Crippen molar-refractivity contribution in [3.05, 3.63) is 12.2 Å². The number of aliphatic hydroxyl groups is 1. The molecule has 0 saturated carbocycles. The summed E-state index contributed by atoms with van der Waals surface area (Å²) in [5.74, 6) is -9.71. The highest BCUT2D eigenvalue weighted by Gasteiger charge is 2.45. The highest BCUT2D eigenvalue weighted by atomic mass is 16.3. The van der Waals surface area contributed by atoms with Gasteiger partial charge in [-0.05, 0) is 101 Å². The molecule has 0 aromatic heterocycles.